The third-order valence-electron chi connectivity index (χ3n) is 4.98. The molecule has 1 amide bonds. The zero-order valence-electron chi connectivity index (χ0n) is 16.1. The first-order chi connectivity index (χ1) is 15.0. The van der Waals surface area contributed by atoms with Crippen LogP contribution < -0.4 is 10.6 Å². The first-order valence-electron chi connectivity index (χ1n) is 9.43. The number of Topliss-reactive ketones (excluding diaryl/α,β-unsaturated/α-hetero) is 1. The largest absolute Gasteiger partial charge is 0.352 e. The van der Waals surface area contributed by atoms with Crippen molar-refractivity contribution in [3.63, 3.8) is 0 Å². The molecule has 10 heteroatoms. The summed E-state index contributed by atoms with van der Waals surface area (Å²) in [5.74, 6) is -0.777. The van der Waals surface area contributed by atoms with Crippen LogP contribution in [0.4, 0.5) is 5.13 Å². The minimum atomic E-state index is -0.621. The Morgan fingerprint density at radius 3 is 2.97 bits per heavy atom. The summed E-state index contributed by atoms with van der Waals surface area (Å²) in [5, 5.41) is 19.5. The van der Waals surface area contributed by atoms with E-state index >= 15 is 0 Å². The second kappa shape index (κ2) is 9.45. The number of nitrogens with one attached hydrogen (secondary N) is 2. The lowest BCUT2D eigenvalue weighted by Crippen LogP contribution is -2.32. The van der Waals surface area contributed by atoms with E-state index in [0.29, 0.717) is 49.8 Å². The fraction of sp³-hybridized carbons (Fsp3) is 0.238. The molecule has 2 heterocycles. The zero-order chi connectivity index (χ0) is 22.0. The molecule has 1 atom stereocenters. The number of nitriles is 1. The van der Waals surface area contributed by atoms with Gasteiger partial charge in [-0.05, 0) is 24.5 Å². The van der Waals surface area contributed by atoms with Crippen LogP contribution in [0, 0.1) is 11.3 Å². The van der Waals surface area contributed by atoms with Crippen molar-refractivity contribution in [1.82, 2.24) is 10.3 Å². The van der Waals surface area contributed by atoms with Crippen molar-refractivity contribution < 1.29 is 9.59 Å². The Balaban J connectivity index is 1.69. The van der Waals surface area contributed by atoms with E-state index in [1.165, 1.54) is 23.1 Å². The number of halogens is 2. The van der Waals surface area contributed by atoms with E-state index in [1.54, 1.807) is 29.8 Å². The first-order valence-corrected chi connectivity index (χ1v) is 12.0. The molecule has 0 unspecified atom stereocenters. The summed E-state index contributed by atoms with van der Waals surface area (Å²) in [5.41, 5.74) is 2.30. The Kier molecular flexibility index (Phi) is 6.68. The maximum absolute atomic E-state index is 12.8. The van der Waals surface area contributed by atoms with E-state index < -0.39 is 5.92 Å². The van der Waals surface area contributed by atoms with Gasteiger partial charge in [0.05, 0.1) is 38.4 Å². The second-order valence-corrected chi connectivity index (χ2v) is 9.56. The number of rotatable bonds is 5. The molecule has 0 fully saturated rings. The topological polar surface area (TPSA) is 94.9 Å². The highest BCUT2D eigenvalue weighted by atomic mass is 35.5. The number of allylic oxidation sites excluding steroid dienone is 3. The Bertz CT molecular complexity index is 1150. The molecule has 1 aromatic heterocycles. The molecule has 2 N–H and O–H groups in total. The molecule has 1 aliphatic heterocycles. The Morgan fingerprint density at radius 2 is 2.23 bits per heavy atom. The summed E-state index contributed by atoms with van der Waals surface area (Å²) in [6.45, 7) is 0. The van der Waals surface area contributed by atoms with Gasteiger partial charge >= 0.3 is 0 Å². The molecular formula is C21H16Cl2N4O2S2. The standard InChI is InChI=1S/C21H16Cl2N4O2S2/c22-13-4-1-3-11(19(13)23)17-12(9-24)20(26-14-5-2-6-15(28)18(14)17)31-10-16(29)27-21-25-7-8-30-21/h1,3-4,7-8,17,26H,2,5-6,10H2,(H,25,27,29)/t17-/m0/s1. The smallest absolute Gasteiger partial charge is 0.236 e. The minimum absolute atomic E-state index is 0.00638. The van der Waals surface area contributed by atoms with Gasteiger partial charge in [0.25, 0.3) is 0 Å². The van der Waals surface area contributed by atoms with Crippen molar-refractivity contribution in [3.8, 4) is 6.07 Å². The van der Waals surface area contributed by atoms with Gasteiger partial charge in [0, 0.05) is 29.3 Å². The number of dihydropyridines is 1. The van der Waals surface area contributed by atoms with E-state index in [-0.39, 0.29) is 17.4 Å². The average Bonchev–Trinajstić information content (AvgIpc) is 3.26. The summed E-state index contributed by atoms with van der Waals surface area (Å²) in [6.07, 6.45) is 3.45. The highest BCUT2D eigenvalue weighted by Gasteiger charge is 2.38. The fourth-order valence-corrected chi connectivity index (χ4v) is 5.49. The molecular weight excluding hydrogens is 475 g/mol. The van der Waals surface area contributed by atoms with Gasteiger partial charge in [0.1, 0.15) is 0 Å². The lowest BCUT2D eigenvalue weighted by atomic mass is 9.77. The number of hydrogen-bond donors (Lipinski definition) is 2. The maximum atomic E-state index is 12.8. The van der Waals surface area contributed by atoms with Gasteiger partial charge < -0.3 is 10.6 Å². The molecule has 0 bridgehead atoms. The molecule has 4 rings (SSSR count). The first kappa shape index (κ1) is 21.9. The van der Waals surface area contributed by atoms with Crippen LogP contribution in [0.1, 0.15) is 30.7 Å². The molecule has 6 nitrogen and oxygen atoms in total. The number of amides is 1. The van der Waals surface area contributed by atoms with Gasteiger partial charge in [-0.15, -0.1) is 11.3 Å². The van der Waals surface area contributed by atoms with Crippen LogP contribution in [0.2, 0.25) is 10.0 Å². The Labute approximate surface area is 197 Å². The van der Waals surface area contributed by atoms with Gasteiger partial charge in [0.15, 0.2) is 10.9 Å². The van der Waals surface area contributed by atoms with Crippen LogP contribution in [-0.4, -0.2) is 22.4 Å². The zero-order valence-corrected chi connectivity index (χ0v) is 19.2. The van der Waals surface area contributed by atoms with E-state index in [0.717, 1.165) is 12.1 Å². The number of carbonyl (C=O) groups is 2. The second-order valence-electron chi connectivity index (χ2n) is 6.90. The molecule has 2 aromatic rings. The van der Waals surface area contributed by atoms with E-state index in [4.69, 9.17) is 23.2 Å². The van der Waals surface area contributed by atoms with Crippen LogP contribution in [0.5, 0.6) is 0 Å². The van der Waals surface area contributed by atoms with Gasteiger partial charge in [0.2, 0.25) is 5.91 Å². The molecule has 0 radical (unpaired) electrons. The van der Waals surface area contributed by atoms with E-state index in [9.17, 15) is 14.9 Å². The van der Waals surface area contributed by atoms with Gasteiger partial charge in [-0.25, -0.2) is 4.98 Å². The normalized spacial score (nSPS) is 18.4. The van der Waals surface area contributed by atoms with Crippen molar-refractivity contribution in [2.75, 3.05) is 11.1 Å². The predicted octanol–water partition coefficient (Wildman–Crippen LogP) is 5.25. The molecule has 31 heavy (non-hydrogen) atoms. The van der Waals surface area contributed by atoms with Crippen LogP contribution in [0.3, 0.4) is 0 Å². The van der Waals surface area contributed by atoms with Crippen LogP contribution in [0.25, 0.3) is 0 Å². The SMILES string of the molecule is N#CC1=C(SCC(=O)Nc2nccs2)NC2=C(C(=O)CCC2)[C@H]1c1cccc(Cl)c1Cl. The van der Waals surface area contributed by atoms with Crippen LogP contribution in [-0.2, 0) is 9.59 Å². The molecule has 2 aliphatic rings. The average molecular weight is 491 g/mol. The quantitative estimate of drug-likeness (QED) is 0.593. The lowest BCUT2D eigenvalue weighted by molar-refractivity contribution is -0.116. The number of thiazole rings is 1. The summed E-state index contributed by atoms with van der Waals surface area (Å²) in [6, 6.07) is 7.44. The summed E-state index contributed by atoms with van der Waals surface area (Å²) >= 11 is 15.3. The number of carbonyl (C=O) groups excluding carboxylic acids is 2. The number of benzene rings is 1. The van der Waals surface area contributed by atoms with E-state index in [2.05, 4.69) is 21.7 Å². The molecule has 0 saturated heterocycles. The third kappa shape index (κ3) is 4.51. The van der Waals surface area contributed by atoms with Crippen molar-refractivity contribution in [3.05, 3.63) is 67.3 Å². The number of ketones is 1. The van der Waals surface area contributed by atoms with Gasteiger partial charge in [-0.1, -0.05) is 47.1 Å². The number of aromatic nitrogens is 1. The molecule has 0 saturated carbocycles. The van der Waals surface area contributed by atoms with E-state index in [1.807, 2.05) is 0 Å². The Morgan fingerprint density at radius 1 is 1.39 bits per heavy atom. The van der Waals surface area contributed by atoms with Crippen molar-refractivity contribution in [2.24, 2.45) is 0 Å². The predicted molar refractivity (Wildman–Crippen MR) is 124 cm³/mol. The highest BCUT2D eigenvalue weighted by Crippen LogP contribution is 2.46. The number of nitrogens with zero attached hydrogens (tertiary/aromatic N) is 2. The number of hydrogen-bond acceptors (Lipinski definition) is 7. The maximum Gasteiger partial charge on any atom is 0.236 e. The third-order valence-corrected chi connectivity index (χ3v) is 7.52. The summed E-state index contributed by atoms with van der Waals surface area (Å²) in [7, 11) is 0. The fourth-order valence-electron chi connectivity index (χ4n) is 3.67. The van der Waals surface area contributed by atoms with Crippen molar-refractivity contribution in [2.45, 2.75) is 25.2 Å². The lowest BCUT2D eigenvalue weighted by Gasteiger charge is -2.33. The van der Waals surface area contributed by atoms with Gasteiger partial charge in [-0.2, -0.15) is 5.26 Å². The number of anilines is 1. The highest BCUT2D eigenvalue weighted by molar-refractivity contribution is 8.03. The van der Waals surface area contributed by atoms with Gasteiger partial charge in [-0.3, -0.25) is 9.59 Å². The molecule has 158 valence electrons. The number of thioether (sulfide) groups is 1. The summed E-state index contributed by atoms with van der Waals surface area (Å²) < 4.78 is 0. The minimum Gasteiger partial charge on any atom is -0.352 e. The summed E-state index contributed by atoms with van der Waals surface area (Å²) in [4.78, 5) is 29.2. The monoisotopic (exact) mass is 490 g/mol. The van der Waals surface area contributed by atoms with Crippen molar-refractivity contribution >= 4 is 63.1 Å². The molecule has 0 spiro atoms. The van der Waals surface area contributed by atoms with Crippen LogP contribution >= 0.6 is 46.3 Å². The van der Waals surface area contributed by atoms with Crippen LogP contribution in [0.15, 0.2) is 51.6 Å². The Hall–Kier alpha value is -2.31. The molecule has 1 aliphatic carbocycles. The van der Waals surface area contributed by atoms with Crippen molar-refractivity contribution in [1.29, 1.82) is 5.26 Å². The molecule has 1 aromatic carbocycles.